The highest BCUT2D eigenvalue weighted by molar-refractivity contribution is 5.82. The van der Waals surface area contributed by atoms with Crippen molar-refractivity contribution in [1.82, 2.24) is 4.90 Å². The van der Waals surface area contributed by atoms with Crippen molar-refractivity contribution >= 4 is 5.91 Å². The molecule has 4 nitrogen and oxygen atoms in total. The van der Waals surface area contributed by atoms with Gasteiger partial charge < -0.3 is 14.7 Å². The van der Waals surface area contributed by atoms with E-state index in [1.807, 2.05) is 60.7 Å². The molecule has 1 saturated heterocycles. The number of hydrogen-bond acceptors (Lipinski definition) is 3. The van der Waals surface area contributed by atoms with Crippen LogP contribution in [0.4, 0.5) is 0 Å². The highest BCUT2D eigenvalue weighted by Gasteiger charge is 2.37. The highest BCUT2D eigenvalue weighted by atomic mass is 16.5. The predicted octanol–water partition coefficient (Wildman–Crippen LogP) is 2.32. The van der Waals surface area contributed by atoms with Crippen LogP contribution < -0.4 is 0 Å². The van der Waals surface area contributed by atoms with E-state index in [4.69, 9.17) is 4.74 Å². The lowest BCUT2D eigenvalue weighted by molar-refractivity contribution is -0.143. The monoisotopic (exact) mass is 297 g/mol. The second-order valence-corrected chi connectivity index (χ2v) is 5.49. The van der Waals surface area contributed by atoms with Gasteiger partial charge in [0.2, 0.25) is 0 Å². The van der Waals surface area contributed by atoms with E-state index in [0.29, 0.717) is 6.61 Å². The Labute approximate surface area is 130 Å². The molecule has 0 spiro atoms. The predicted molar refractivity (Wildman–Crippen MR) is 83.1 cm³/mol. The van der Waals surface area contributed by atoms with Gasteiger partial charge in [0.1, 0.15) is 6.10 Å². The molecule has 0 unspecified atom stereocenters. The van der Waals surface area contributed by atoms with Gasteiger partial charge in [0, 0.05) is 7.05 Å². The number of rotatable bonds is 2. The van der Waals surface area contributed by atoms with Crippen molar-refractivity contribution in [3.8, 4) is 0 Å². The van der Waals surface area contributed by atoms with Crippen LogP contribution in [0.2, 0.25) is 0 Å². The Hall–Kier alpha value is -2.17. The molecule has 1 fully saturated rings. The van der Waals surface area contributed by atoms with Crippen molar-refractivity contribution in [2.45, 2.75) is 18.2 Å². The Morgan fingerprint density at radius 2 is 1.55 bits per heavy atom. The average Bonchev–Trinajstić information content (AvgIpc) is 2.68. The summed E-state index contributed by atoms with van der Waals surface area (Å²) in [5, 5.41) is 10.4. The molecule has 0 radical (unpaired) electrons. The van der Waals surface area contributed by atoms with Gasteiger partial charge in [-0.2, -0.15) is 0 Å². The fourth-order valence-corrected chi connectivity index (χ4v) is 2.81. The van der Waals surface area contributed by atoms with E-state index in [2.05, 4.69) is 0 Å². The molecule has 1 amide bonds. The van der Waals surface area contributed by atoms with E-state index in [1.54, 1.807) is 11.9 Å². The SMILES string of the molecule is CN1C(=O)[C@H](O)[C@@H](c2ccccc2)OC[C@H]1c1ccccc1. The maximum Gasteiger partial charge on any atom is 0.254 e. The summed E-state index contributed by atoms with van der Waals surface area (Å²) in [7, 11) is 1.71. The Morgan fingerprint density at radius 1 is 1.00 bits per heavy atom. The minimum Gasteiger partial charge on any atom is -0.380 e. The van der Waals surface area contributed by atoms with Crippen molar-refractivity contribution in [3.05, 3.63) is 71.8 Å². The van der Waals surface area contributed by atoms with Gasteiger partial charge in [-0.3, -0.25) is 4.79 Å². The summed E-state index contributed by atoms with van der Waals surface area (Å²) >= 11 is 0. The van der Waals surface area contributed by atoms with E-state index in [-0.39, 0.29) is 11.9 Å². The number of hydrogen-bond donors (Lipinski definition) is 1. The smallest absolute Gasteiger partial charge is 0.254 e. The lowest BCUT2D eigenvalue weighted by atomic mass is 10.0. The number of likely N-dealkylation sites (N-methyl/N-ethyl adjacent to an activating group) is 1. The van der Waals surface area contributed by atoms with E-state index in [1.165, 1.54) is 0 Å². The molecule has 3 atom stereocenters. The van der Waals surface area contributed by atoms with Crippen LogP contribution in [0.25, 0.3) is 0 Å². The quantitative estimate of drug-likeness (QED) is 0.925. The third-order valence-electron chi connectivity index (χ3n) is 4.10. The molecule has 4 heteroatoms. The maximum absolute atomic E-state index is 12.5. The van der Waals surface area contributed by atoms with Crippen molar-refractivity contribution in [3.63, 3.8) is 0 Å². The zero-order valence-corrected chi connectivity index (χ0v) is 12.4. The van der Waals surface area contributed by atoms with Gasteiger partial charge in [-0.1, -0.05) is 60.7 Å². The summed E-state index contributed by atoms with van der Waals surface area (Å²) in [6.07, 6.45) is -1.83. The topological polar surface area (TPSA) is 49.8 Å². The van der Waals surface area contributed by atoms with Gasteiger partial charge >= 0.3 is 0 Å². The molecule has 3 rings (SSSR count). The van der Waals surface area contributed by atoms with Crippen molar-refractivity contribution in [1.29, 1.82) is 0 Å². The average molecular weight is 297 g/mol. The summed E-state index contributed by atoms with van der Waals surface area (Å²) in [4.78, 5) is 14.1. The molecule has 0 aromatic heterocycles. The second-order valence-electron chi connectivity index (χ2n) is 5.49. The van der Waals surface area contributed by atoms with Gasteiger partial charge in [-0.15, -0.1) is 0 Å². The Kier molecular flexibility index (Phi) is 4.22. The lowest BCUT2D eigenvalue weighted by Gasteiger charge is -2.26. The first-order valence-corrected chi connectivity index (χ1v) is 7.34. The van der Waals surface area contributed by atoms with Gasteiger partial charge in [-0.05, 0) is 11.1 Å². The number of amides is 1. The van der Waals surface area contributed by atoms with Crippen LogP contribution in [0.5, 0.6) is 0 Å². The van der Waals surface area contributed by atoms with Crippen molar-refractivity contribution in [2.75, 3.05) is 13.7 Å². The minimum atomic E-state index is -1.19. The first-order chi connectivity index (χ1) is 10.7. The fraction of sp³-hybridized carbons (Fsp3) is 0.278. The van der Waals surface area contributed by atoms with Crippen molar-refractivity contribution < 1.29 is 14.6 Å². The van der Waals surface area contributed by atoms with Crippen molar-refractivity contribution in [2.24, 2.45) is 0 Å². The molecular weight excluding hydrogens is 278 g/mol. The molecule has 114 valence electrons. The first kappa shape index (κ1) is 14.8. The zero-order valence-electron chi connectivity index (χ0n) is 12.4. The summed E-state index contributed by atoms with van der Waals surface area (Å²) in [5.74, 6) is -0.319. The number of benzene rings is 2. The normalized spacial score (nSPS) is 25.8. The van der Waals surface area contributed by atoms with Gasteiger partial charge in [0.15, 0.2) is 6.10 Å². The van der Waals surface area contributed by atoms with E-state index in [9.17, 15) is 9.90 Å². The standard InChI is InChI=1S/C18H19NO3/c1-19-15(13-8-4-2-5-9-13)12-22-17(16(20)18(19)21)14-10-6-3-7-11-14/h2-11,15-17,20H,12H2,1H3/t15-,16+,17+/m0/s1. The Balaban J connectivity index is 1.90. The van der Waals surface area contributed by atoms with Crippen LogP contribution in [0.3, 0.4) is 0 Å². The van der Waals surface area contributed by atoms with Crippen LogP contribution >= 0.6 is 0 Å². The Bertz CT molecular complexity index is 574. The number of carbonyl (C=O) groups is 1. The second kappa shape index (κ2) is 6.30. The molecule has 1 aliphatic heterocycles. The zero-order chi connectivity index (χ0) is 15.5. The largest absolute Gasteiger partial charge is 0.380 e. The summed E-state index contributed by atoms with van der Waals surface area (Å²) in [5.41, 5.74) is 1.81. The summed E-state index contributed by atoms with van der Waals surface area (Å²) in [6, 6.07) is 18.9. The molecule has 0 bridgehead atoms. The molecule has 2 aromatic carbocycles. The van der Waals surface area contributed by atoms with E-state index >= 15 is 0 Å². The van der Waals surface area contributed by atoms with Gasteiger partial charge in [0.25, 0.3) is 5.91 Å². The summed E-state index contributed by atoms with van der Waals surface area (Å²) < 4.78 is 5.90. The number of nitrogens with zero attached hydrogens (tertiary/aromatic N) is 1. The number of ether oxygens (including phenoxy) is 1. The van der Waals surface area contributed by atoms with Crippen LogP contribution in [0.15, 0.2) is 60.7 Å². The molecule has 22 heavy (non-hydrogen) atoms. The van der Waals surface area contributed by atoms with Crippen LogP contribution in [0, 0.1) is 0 Å². The minimum absolute atomic E-state index is 0.197. The van der Waals surface area contributed by atoms with Gasteiger partial charge in [0.05, 0.1) is 12.6 Å². The molecule has 1 aliphatic rings. The third-order valence-corrected chi connectivity index (χ3v) is 4.10. The molecular formula is C18H19NO3. The van der Waals surface area contributed by atoms with Crippen LogP contribution in [-0.2, 0) is 9.53 Å². The number of aliphatic hydroxyl groups is 1. The lowest BCUT2D eigenvalue weighted by Crippen LogP contribution is -2.39. The Morgan fingerprint density at radius 3 is 2.14 bits per heavy atom. The van der Waals surface area contributed by atoms with Crippen LogP contribution in [-0.4, -0.2) is 35.7 Å². The number of carbonyl (C=O) groups excluding carboxylic acids is 1. The maximum atomic E-state index is 12.5. The third kappa shape index (κ3) is 2.75. The summed E-state index contributed by atoms with van der Waals surface area (Å²) in [6.45, 7) is 0.350. The number of aliphatic hydroxyl groups excluding tert-OH is 1. The molecule has 1 N–H and O–H groups in total. The van der Waals surface area contributed by atoms with E-state index < -0.39 is 12.2 Å². The van der Waals surface area contributed by atoms with Crippen LogP contribution in [0.1, 0.15) is 23.3 Å². The fourth-order valence-electron chi connectivity index (χ4n) is 2.81. The first-order valence-electron chi connectivity index (χ1n) is 7.34. The van der Waals surface area contributed by atoms with E-state index in [0.717, 1.165) is 11.1 Å². The highest BCUT2D eigenvalue weighted by Crippen LogP contribution is 2.31. The molecule has 1 heterocycles. The van der Waals surface area contributed by atoms with Gasteiger partial charge in [-0.25, -0.2) is 0 Å². The molecule has 0 aliphatic carbocycles. The molecule has 2 aromatic rings. The molecule has 0 saturated carbocycles.